The first kappa shape index (κ1) is 18.0. The molecular weight excluding hydrogens is 340 g/mol. The van der Waals surface area contributed by atoms with Crippen molar-refractivity contribution < 1.29 is 14.3 Å². The first-order chi connectivity index (χ1) is 13.3. The van der Waals surface area contributed by atoms with E-state index in [4.69, 9.17) is 9.47 Å². The SMILES string of the molecule is O=C(OC1CCCc2ccc(OCc3ccccn3)cc21)[C@@H]1CCCCN1. The molecule has 2 aliphatic rings. The van der Waals surface area contributed by atoms with Crippen molar-refractivity contribution in [1.82, 2.24) is 10.3 Å². The molecule has 0 bridgehead atoms. The number of carbonyl (C=O) groups excluding carboxylic acids is 1. The van der Waals surface area contributed by atoms with Crippen LogP contribution < -0.4 is 10.1 Å². The Balaban J connectivity index is 1.44. The molecule has 1 aliphatic heterocycles. The number of nitrogens with zero attached hydrogens (tertiary/aromatic N) is 1. The molecule has 27 heavy (non-hydrogen) atoms. The largest absolute Gasteiger partial charge is 0.487 e. The molecule has 1 aromatic carbocycles. The minimum atomic E-state index is -0.177. The van der Waals surface area contributed by atoms with Gasteiger partial charge in [0.15, 0.2) is 0 Å². The quantitative estimate of drug-likeness (QED) is 0.817. The Bertz CT molecular complexity index is 772. The second kappa shape index (κ2) is 8.53. The number of hydrogen-bond acceptors (Lipinski definition) is 5. The molecule has 0 spiro atoms. The zero-order valence-electron chi connectivity index (χ0n) is 15.5. The third-order valence-electron chi connectivity index (χ3n) is 5.34. The van der Waals surface area contributed by atoms with Gasteiger partial charge in [-0.2, -0.15) is 0 Å². The van der Waals surface area contributed by atoms with E-state index in [2.05, 4.69) is 16.4 Å². The van der Waals surface area contributed by atoms with Gasteiger partial charge in [0.25, 0.3) is 0 Å². The van der Waals surface area contributed by atoms with Crippen molar-refractivity contribution in [3.8, 4) is 5.75 Å². The van der Waals surface area contributed by atoms with Crippen molar-refractivity contribution in [3.63, 3.8) is 0 Å². The summed E-state index contributed by atoms with van der Waals surface area (Å²) >= 11 is 0. The molecule has 0 radical (unpaired) electrons. The molecular formula is C22H26N2O3. The highest BCUT2D eigenvalue weighted by atomic mass is 16.5. The second-order valence-electron chi connectivity index (χ2n) is 7.29. The summed E-state index contributed by atoms with van der Waals surface area (Å²) in [6.07, 6.45) is 7.60. The number of aryl methyl sites for hydroxylation is 1. The maximum Gasteiger partial charge on any atom is 0.323 e. The van der Waals surface area contributed by atoms with E-state index < -0.39 is 0 Å². The molecule has 2 heterocycles. The number of piperidine rings is 1. The van der Waals surface area contributed by atoms with Gasteiger partial charge in [-0.05, 0) is 74.0 Å². The van der Waals surface area contributed by atoms with Crippen LogP contribution in [0.2, 0.25) is 0 Å². The molecule has 1 unspecified atom stereocenters. The Kier molecular flexibility index (Phi) is 5.68. The highest BCUT2D eigenvalue weighted by molar-refractivity contribution is 5.76. The monoisotopic (exact) mass is 366 g/mol. The summed E-state index contributed by atoms with van der Waals surface area (Å²) in [5, 5.41) is 3.28. The van der Waals surface area contributed by atoms with Crippen LogP contribution >= 0.6 is 0 Å². The zero-order valence-corrected chi connectivity index (χ0v) is 15.5. The molecule has 1 aliphatic carbocycles. The molecule has 1 fully saturated rings. The van der Waals surface area contributed by atoms with Gasteiger partial charge in [0.05, 0.1) is 5.69 Å². The minimum Gasteiger partial charge on any atom is -0.487 e. The lowest BCUT2D eigenvalue weighted by Crippen LogP contribution is -2.42. The number of nitrogens with one attached hydrogen (secondary N) is 1. The van der Waals surface area contributed by atoms with E-state index in [9.17, 15) is 4.79 Å². The number of hydrogen-bond donors (Lipinski definition) is 1. The number of pyridine rings is 1. The zero-order chi connectivity index (χ0) is 18.5. The summed E-state index contributed by atoms with van der Waals surface area (Å²) in [6, 6.07) is 11.8. The van der Waals surface area contributed by atoms with Crippen LogP contribution in [0.15, 0.2) is 42.6 Å². The van der Waals surface area contributed by atoms with Crippen LogP contribution in [0.25, 0.3) is 0 Å². The molecule has 4 rings (SSSR count). The van der Waals surface area contributed by atoms with Crippen molar-refractivity contribution >= 4 is 5.97 Å². The fraction of sp³-hybridized carbons (Fsp3) is 0.455. The van der Waals surface area contributed by atoms with Gasteiger partial charge in [-0.3, -0.25) is 9.78 Å². The molecule has 1 saturated heterocycles. The molecule has 1 aromatic heterocycles. The molecule has 5 heteroatoms. The van der Waals surface area contributed by atoms with E-state index in [0.29, 0.717) is 6.61 Å². The molecule has 142 valence electrons. The van der Waals surface area contributed by atoms with Crippen LogP contribution in [0.3, 0.4) is 0 Å². The first-order valence-corrected chi connectivity index (χ1v) is 9.89. The smallest absolute Gasteiger partial charge is 0.323 e. The molecule has 2 atom stereocenters. The lowest BCUT2D eigenvalue weighted by atomic mass is 9.89. The number of rotatable bonds is 5. The second-order valence-corrected chi connectivity index (χ2v) is 7.29. The van der Waals surface area contributed by atoms with Crippen molar-refractivity contribution in [2.24, 2.45) is 0 Å². The van der Waals surface area contributed by atoms with Crippen LogP contribution in [-0.2, 0) is 22.6 Å². The van der Waals surface area contributed by atoms with Gasteiger partial charge in [-0.25, -0.2) is 0 Å². The lowest BCUT2D eigenvalue weighted by Gasteiger charge is -2.29. The van der Waals surface area contributed by atoms with Gasteiger partial charge in [0.1, 0.15) is 24.5 Å². The number of benzene rings is 1. The number of fused-ring (bicyclic) bond motifs is 1. The summed E-state index contributed by atoms with van der Waals surface area (Å²) in [6.45, 7) is 1.32. The van der Waals surface area contributed by atoms with E-state index >= 15 is 0 Å². The highest BCUT2D eigenvalue weighted by Gasteiger charge is 2.28. The average Bonchev–Trinajstić information content (AvgIpc) is 2.74. The third-order valence-corrected chi connectivity index (χ3v) is 5.34. The van der Waals surface area contributed by atoms with E-state index in [1.807, 2.05) is 30.3 Å². The summed E-state index contributed by atoms with van der Waals surface area (Å²) in [4.78, 5) is 16.8. The molecule has 2 aromatic rings. The van der Waals surface area contributed by atoms with Crippen molar-refractivity contribution in [2.75, 3.05) is 6.54 Å². The van der Waals surface area contributed by atoms with Gasteiger partial charge >= 0.3 is 5.97 Å². The van der Waals surface area contributed by atoms with Crippen molar-refractivity contribution in [2.45, 2.75) is 57.3 Å². The fourth-order valence-electron chi connectivity index (χ4n) is 3.86. The van der Waals surface area contributed by atoms with Gasteiger partial charge in [-0.1, -0.05) is 18.6 Å². The predicted molar refractivity (Wildman–Crippen MR) is 102 cm³/mol. The Labute approximate surface area is 160 Å². The molecule has 0 saturated carbocycles. The van der Waals surface area contributed by atoms with Gasteiger partial charge < -0.3 is 14.8 Å². The molecule has 0 amide bonds. The number of aromatic nitrogens is 1. The van der Waals surface area contributed by atoms with Crippen molar-refractivity contribution in [1.29, 1.82) is 0 Å². The van der Waals surface area contributed by atoms with Crippen LogP contribution in [0.1, 0.15) is 55.0 Å². The summed E-state index contributed by atoms with van der Waals surface area (Å²) in [5.74, 6) is 0.672. The first-order valence-electron chi connectivity index (χ1n) is 9.89. The standard InChI is InChI=1S/C22H26N2O3/c25-22(20-8-2-4-13-24-20)27-21-9-5-6-16-10-11-18(14-19(16)21)26-15-17-7-1-3-12-23-17/h1,3,7,10-12,14,20-21,24H,2,4-6,8-9,13,15H2/t20-,21?/m0/s1. The maximum absolute atomic E-state index is 12.5. The molecule has 1 N–H and O–H groups in total. The Hall–Kier alpha value is -2.40. The van der Waals surface area contributed by atoms with Gasteiger partial charge in [0.2, 0.25) is 0 Å². The topological polar surface area (TPSA) is 60.5 Å². The minimum absolute atomic E-state index is 0.118. The summed E-state index contributed by atoms with van der Waals surface area (Å²) in [7, 11) is 0. The van der Waals surface area contributed by atoms with Crippen LogP contribution in [-0.4, -0.2) is 23.5 Å². The number of ether oxygens (including phenoxy) is 2. The van der Waals surface area contributed by atoms with Crippen LogP contribution in [0.5, 0.6) is 5.75 Å². The summed E-state index contributed by atoms with van der Waals surface area (Å²) in [5.41, 5.74) is 3.23. The maximum atomic E-state index is 12.5. The third kappa shape index (κ3) is 4.48. The van der Waals surface area contributed by atoms with Crippen LogP contribution in [0.4, 0.5) is 0 Å². The van der Waals surface area contributed by atoms with E-state index in [1.165, 1.54) is 5.56 Å². The van der Waals surface area contributed by atoms with Gasteiger partial charge in [-0.15, -0.1) is 0 Å². The highest BCUT2D eigenvalue weighted by Crippen LogP contribution is 2.35. The normalized spacial score (nSPS) is 21.9. The Morgan fingerprint density at radius 2 is 2.11 bits per heavy atom. The van der Waals surface area contributed by atoms with E-state index in [-0.39, 0.29) is 18.1 Å². The predicted octanol–water partition coefficient (Wildman–Crippen LogP) is 3.72. The number of esters is 1. The lowest BCUT2D eigenvalue weighted by molar-refractivity contribution is -0.153. The van der Waals surface area contributed by atoms with E-state index in [1.54, 1.807) is 6.20 Å². The average molecular weight is 366 g/mol. The Morgan fingerprint density at radius 1 is 1.15 bits per heavy atom. The van der Waals surface area contributed by atoms with Gasteiger partial charge in [0, 0.05) is 6.20 Å². The van der Waals surface area contributed by atoms with Crippen LogP contribution in [0, 0.1) is 0 Å². The Morgan fingerprint density at radius 3 is 2.93 bits per heavy atom. The number of carbonyl (C=O) groups is 1. The van der Waals surface area contributed by atoms with Crippen molar-refractivity contribution in [3.05, 3.63) is 59.4 Å². The summed E-state index contributed by atoms with van der Waals surface area (Å²) < 4.78 is 11.8. The fourth-order valence-corrected chi connectivity index (χ4v) is 3.86. The van der Waals surface area contributed by atoms with E-state index in [0.717, 1.165) is 62.1 Å². The molecule has 5 nitrogen and oxygen atoms in total.